The highest BCUT2D eigenvalue weighted by Gasteiger charge is 2.31. The average Bonchev–Trinajstić information content (AvgIpc) is 3.17. The van der Waals surface area contributed by atoms with Crippen molar-refractivity contribution >= 4 is 22.9 Å². The average molecular weight is 393 g/mol. The lowest BCUT2D eigenvalue weighted by molar-refractivity contribution is -0.125. The van der Waals surface area contributed by atoms with Gasteiger partial charge in [-0.05, 0) is 37.1 Å². The van der Waals surface area contributed by atoms with Crippen LogP contribution in [0.25, 0.3) is 11.3 Å². The summed E-state index contributed by atoms with van der Waals surface area (Å²) in [5.74, 6) is 0.799. The minimum absolute atomic E-state index is 0.0288. The van der Waals surface area contributed by atoms with Crippen molar-refractivity contribution < 1.29 is 9.53 Å². The van der Waals surface area contributed by atoms with Crippen molar-refractivity contribution in [3.05, 3.63) is 64.5 Å². The fraction of sp³-hybridized carbons (Fsp3) is 0.304. The zero-order chi connectivity index (χ0) is 19.5. The van der Waals surface area contributed by atoms with Crippen LogP contribution in [-0.4, -0.2) is 23.5 Å². The van der Waals surface area contributed by atoms with Crippen LogP contribution in [0.15, 0.2) is 53.9 Å². The summed E-state index contributed by atoms with van der Waals surface area (Å²) >= 11 is 1.67. The van der Waals surface area contributed by atoms with E-state index in [4.69, 9.17) is 9.72 Å². The molecule has 1 amide bonds. The molecule has 0 saturated carbocycles. The molecule has 3 aromatic rings. The Hall–Kier alpha value is -2.66. The van der Waals surface area contributed by atoms with E-state index in [0.29, 0.717) is 0 Å². The lowest BCUT2D eigenvalue weighted by Gasteiger charge is -2.33. The molecule has 0 fully saturated rings. The van der Waals surface area contributed by atoms with E-state index in [0.717, 1.165) is 53.5 Å². The molecule has 0 saturated heterocycles. The van der Waals surface area contributed by atoms with Crippen LogP contribution in [0, 0.1) is 0 Å². The summed E-state index contributed by atoms with van der Waals surface area (Å²) in [4.78, 5) is 19.3. The molecule has 1 unspecified atom stereocenters. The number of carbonyl (C=O) groups is 1. The quantitative estimate of drug-likeness (QED) is 0.570. The number of benzene rings is 2. The van der Waals surface area contributed by atoms with Gasteiger partial charge in [0.2, 0.25) is 0 Å². The van der Waals surface area contributed by atoms with Crippen LogP contribution in [0.1, 0.15) is 37.3 Å². The van der Waals surface area contributed by atoms with Gasteiger partial charge in [0.05, 0.1) is 16.4 Å². The number of unbranched alkanes of at least 4 members (excludes halogenated alkanes) is 1. The molecule has 1 aliphatic rings. The van der Waals surface area contributed by atoms with E-state index in [-0.39, 0.29) is 5.91 Å². The minimum atomic E-state index is -0.438. The van der Waals surface area contributed by atoms with E-state index in [9.17, 15) is 4.79 Å². The maximum atomic E-state index is 12.6. The van der Waals surface area contributed by atoms with Gasteiger partial charge in [-0.25, -0.2) is 4.98 Å². The molecule has 0 radical (unpaired) electrons. The normalized spacial score (nSPS) is 16.0. The smallest absolute Gasteiger partial charge is 0.267 e. The highest BCUT2D eigenvalue weighted by atomic mass is 32.1. The number of amides is 1. The third-order valence-electron chi connectivity index (χ3n) is 4.95. The Morgan fingerprint density at radius 3 is 2.79 bits per heavy atom. The fourth-order valence-corrected chi connectivity index (χ4v) is 4.25. The molecule has 4 rings (SSSR count). The third-order valence-corrected chi connectivity index (χ3v) is 5.80. The van der Waals surface area contributed by atoms with Crippen molar-refractivity contribution in [2.75, 3.05) is 11.4 Å². The van der Waals surface area contributed by atoms with Gasteiger partial charge < -0.3 is 9.64 Å². The van der Waals surface area contributed by atoms with Crippen molar-refractivity contribution in [3.63, 3.8) is 0 Å². The lowest BCUT2D eigenvalue weighted by Crippen LogP contribution is -2.44. The van der Waals surface area contributed by atoms with Crippen molar-refractivity contribution in [1.82, 2.24) is 4.98 Å². The first-order valence-electron chi connectivity index (χ1n) is 9.76. The first kappa shape index (κ1) is 18.7. The zero-order valence-corrected chi connectivity index (χ0v) is 17.0. The van der Waals surface area contributed by atoms with Gasteiger partial charge in [0.25, 0.3) is 5.91 Å². The number of ether oxygens (including phenoxy) is 1. The van der Waals surface area contributed by atoms with E-state index >= 15 is 0 Å². The number of anilines is 1. The highest BCUT2D eigenvalue weighted by Crippen LogP contribution is 2.38. The van der Waals surface area contributed by atoms with Crippen LogP contribution in [0.5, 0.6) is 5.75 Å². The lowest BCUT2D eigenvalue weighted by atomic mass is 10.1. The van der Waals surface area contributed by atoms with Crippen LogP contribution in [-0.2, 0) is 11.2 Å². The summed E-state index contributed by atoms with van der Waals surface area (Å²) in [5, 5.41) is 3.17. The summed E-state index contributed by atoms with van der Waals surface area (Å²) < 4.78 is 5.82. The largest absolute Gasteiger partial charge is 0.479 e. The van der Waals surface area contributed by atoms with E-state index in [1.54, 1.807) is 11.3 Å². The summed E-state index contributed by atoms with van der Waals surface area (Å²) in [7, 11) is 0. The van der Waals surface area contributed by atoms with Gasteiger partial charge in [0.1, 0.15) is 5.75 Å². The summed E-state index contributed by atoms with van der Waals surface area (Å²) in [6.07, 6.45) is 2.41. The summed E-state index contributed by atoms with van der Waals surface area (Å²) in [6, 6.07) is 16.4. The molecule has 0 bridgehead atoms. The van der Waals surface area contributed by atoms with Crippen molar-refractivity contribution in [1.29, 1.82) is 0 Å². The van der Waals surface area contributed by atoms with E-state index in [2.05, 4.69) is 36.6 Å². The monoisotopic (exact) mass is 392 g/mol. The molecule has 2 aromatic carbocycles. The molecule has 1 aromatic heterocycles. The molecule has 2 heterocycles. The number of thiazole rings is 1. The number of aromatic nitrogens is 1. The minimum Gasteiger partial charge on any atom is -0.479 e. The fourth-order valence-electron chi connectivity index (χ4n) is 3.41. The number of hydrogen-bond acceptors (Lipinski definition) is 4. The highest BCUT2D eigenvalue weighted by molar-refractivity contribution is 7.10. The van der Waals surface area contributed by atoms with Crippen LogP contribution >= 0.6 is 11.3 Å². The standard InChI is InChI=1S/C23H24N2O2S/c1-3-4-12-25-20-14-18(10-11-21(20)27-16(2)23(25)26)19-15-28-22(24-19)13-17-8-6-5-7-9-17/h5-11,14-16H,3-4,12-13H2,1-2H3. The van der Waals surface area contributed by atoms with Gasteiger partial charge in [0, 0.05) is 23.9 Å². The predicted molar refractivity (Wildman–Crippen MR) is 114 cm³/mol. The molecule has 144 valence electrons. The van der Waals surface area contributed by atoms with Crippen molar-refractivity contribution in [2.24, 2.45) is 0 Å². The second kappa shape index (κ2) is 8.15. The van der Waals surface area contributed by atoms with Crippen LogP contribution in [0.2, 0.25) is 0 Å². The first-order chi connectivity index (χ1) is 13.7. The predicted octanol–water partition coefficient (Wildman–Crippen LogP) is 5.31. The number of nitrogens with zero attached hydrogens (tertiary/aromatic N) is 2. The van der Waals surface area contributed by atoms with Gasteiger partial charge in [-0.3, -0.25) is 4.79 Å². The Morgan fingerprint density at radius 1 is 1.18 bits per heavy atom. The molecular weight excluding hydrogens is 368 g/mol. The number of rotatable bonds is 6. The Labute approximate surface area is 169 Å². The molecule has 1 aliphatic heterocycles. The molecular formula is C23H24N2O2S. The second-order valence-corrected chi connectivity index (χ2v) is 8.02. The maximum absolute atomic E-state index is 12.6. The molecule has 1 atom stereocenters. The van der Waals surface area contributed by atoms with E-state index in [1.165, 1.54) is 5.56 Å². The van der Waals surface area contributed by atoms with E-state index < -0.39 is 6.10 Å². The van der Waals surface area contributed by atoms with Gasteiger partial charge in [-0.15, -0.1) is 11.3 Å². The second-order valence-electron chi connectivity index (χ2n) is 7.07. The van der Waals surface area contributed by atoms with Crippen molar-refractivity contribution in [2.45, 2.75) is 39.2 Å². The van der Waals surface area contributed by atoms with Crippen LogP contribution in [0.4, 0.5) is 5.69 Å². The Kier molecular flexibility index (Phi) is 5.44. The molecule has 4 nitrogen and oxygen atoms in total. The molecule has 0 spiro atoms. The van der Waals surface area contributed by atoms with Crippen LogP contribution in [0.3, 0.4) is 0 Å². The van der Waals surface area contributed by atoms with Crippen LogP contribution < -0.4 is 9.64 Å². The SMILES string of the molecule is CCCCN1C(=O)C(C)Oc2ccc(-c3csc(Cc4ccccc4)n3)cc21. The maximum Gasteiger partial charge on any atom is 0.267 e. The zero-order valence-electron chi connectivity index (χ0n) is 16.2. The summed E-state index contributed by atoms with van der Waals surface area (Å²) in [5.41, 5.74) is 4.07. The van der Waals surface area contributed by atoms with Gasteiger partial charge in [0.15, 0.2) is 6.10 Å². The summed E-state index contributed by atoms with van der Waals surface area (Å²) in [6.45, 7) is 4.67. The molecule has 5 heteroatoms. The number of hydrogen-bond donors (Lipinski definition) is 0. The number of fused-ring (bicyclic) bond motifs is 1. The van der Waals surface area contributed by atoms with Gasteiger partial charge >= 0.3 is 0 Å². The number of carbonyl (C=O) groups excluding carboxylic acids is 1. The van der Waals surface area contributed by atoms with Gasteiger partial charge in [-0.2, -0.15) is 0 Å². The molecule has 0 N–H and O–H groups in total. The van der Waals surface area contributed by atoms with Gasteiger partial charge in [-0.1, -0.05) is 43.7 Å². The van der Waals surface area contributed by atoms with Crippen molar-refractivity contribution in [3.8, 4) is 17.0 Å². The Morgan fingerprint density at radius 2 is 2.00 bits per heavy atom. The topological polar surface area (TPSA) is 42.4 Å². The Balaban J connectivity index is 1.62. The third kappa shape index (κ3) is 3.80. The molecule has 28 heavy (non-hydrogen) atoms. The molecule has 0 aliphatic carbocycles. The first-order valence-corrected chi connectivity index (χ1v) is 10.6. The van der Waals surface area contributed by atoms with E-state index in [1.807, 2.05) is 36.1 Å². The Bertz CT molecular complexity index is 968.